The second-order valence-corrected chi connectivity index (χ2v) is 8.39. The van der Waals surface area contributed by atoms with Gasteiger partial charge >= 0.3 is 0 Å². The Balaban J connectivity index is 1.81. The van der Waals surface area contributed by atoms with E-state index in [1.807, 2.05) is 70.2 Å². The van der Waals surface area contributed by atoms with Gasteiger partial charge < -0.3 is 14.8 Å². The number of rotatable bonds is 8. The molecular weight excluding hydrogens is 448 g/mol. The molecule has 3 rings (SSSR count). The van der Waals surface area contributed by atoms with Gasteiger partial charge in [-0.15, -0.1) is 0 Å². The summed E-state index contributed by atoms with van der Waals surface area (Å²) in [6.45, 7) is 8.55. The Morgan fingerprint density at radius 3 is 2.29 bits per heavy atom. The van der Waals surface area contributed by atoms with Gasteiger partial charge in [0.15, 0.2) is 11.5 Å². The minimum absolute atomic E-state index is 0.00310. The number of benzene rings is 3. The minimum atomic E-state index is -0.460. The summed E-state index contributed by atoms with van der Waals surface area (Å²) in [6, 6.07) is 18.7. The van der Waals surface area contributed by atoms with Crippen LogP contribution in [0.4, 0.5) is 5.69 Å². The predicted octanol–water partition coefficient (Wildman–Crippen LogP) is 6.79. The maximum absolute atomic E-state index is 12.8. The summed E-state index contributed by atoms with van der Waals surface area (Å²) in [4.78, 5) is 12.8. The molecule has 1 amide bonds. The van der Waals surface area contributed by atoms with Crippen molar-refractivity contribution in [2.45, 2.75) is 34.3 Å². The first-order chi connectivity index (χ1) is 16.3. The molecule has 0 radical (unpaired) electrons. The molecule has 0 aromatic heterocycles. The highest BCUT2D eigenvalue weighted by Gasteiger charge is 2.14. The van der Waals surface area contributed by atoms with E-state index in [1.54, 1.807) is 24.3 Å². The number of hydrogen-bond acceptors (Lipinski definition) is 4. The third-order valence-corrected chi connectivity index (χ3v) is 5.42. The normalized spacial score (nSPS) is 11.0. The molecule has 0 saturated carbocycles. The lowest BCUT2D eigenvalue weighted by Gasteiger charge is -2.14. The number of anilines is 1. The van der Waals surface area contributed by atoms with Crippen molar-refractivity contribution in [2.75, 3.05) is 11.9 Å². The van der Waals surface area contributed by atoms with Crippen LogP contribution in [0, 0.1) is 32.1 Å². The molecule has 3 aromatic rings. The van der Waals surface area contributed by atoms with E-state index in [9.17, 15) is 10.1 Å². The van der Waals surface area contributed by atoms with Crippen LogP contribution in [0.25, 0.3) is 6.08 Å². The van der Waals surface area contributed by atoms with Gasteiger partial charge in [-0.05, 0) is 80.3 Å². The maximum atomic E-state index is 12.8. The SMILES string of the molecule is CCOc1cc(/C=C(\C#N)C(=O)Nc2c(C)cc(C)cc2C)ccc1OCc1ccc(Cl)cc1. The Hall–Kier alpha value is -3.75. The van der Waals surface area contributed by atoms with Crippen molar-refractivity contribution in [3.63, 3.8) is 0 Å². The molecule has 1 N–H and O–H groups in total. The molecule has 34 heavy (non-hydrogen) atoms. The van der Waals surface area contributed by atoms with Crippen molar-refractivity contribution in [1.82, 2.24) is 0 Å². The largest absolute Gasteiger partial charge is 0.490 e. The lowest BCUT2D eigenvalue weighted by molar-refractivity contribution is -0.112. The molecule has 174 valence electrons. The first kappa shape index (κ1) is 24.9. The molecule has 0 bridgehead atoms. The zero-order valence-corrected chi connectivity index (χ0v) is 20.5. The van der Waals surface area contributed by atoms with E-state index in [0.29, 0.717) is 35.3 Å². The molecule has 0 aliphatic rings. The van der Waals surface area contributed by atoms with Crippen LogP contribution in [-0.4, -0.2) is 12.5 Å². The summed E-state index contributed by atoms with van der Waals surface area (Å²) in [7, 11) is 0. The Morgan fingerprint density at radius 1 is 1.00 bits per heavy atom. The molecule has 0 aliphatic heterocycles. The van der Waals surface area contributed by atoms with Gasteiger partial charge in [-0.25, -0.2) is 0 Å². The lowest BCUT2D eigenvalue weighted by atomic mass is 10.0. The van der Waals surface area contributed by atoms with Crippen LogP contribution in [0.15, 0.2) is 60.2 Å². The molecule has 6 heteroatoms. The molecular formula is C28H27ClN2O3. The smallest absolute Gasteiger partial charge is 0.266 e. The first-order valence-electron chi connectivity index (χ1n) is 11.0. The Bertz CT molecular complexity index is 1230. The topological polar surface area (TPSA) is 71.3 Å². The van der Waals surface area contributed by atoms with Gasteiger partial charge in [0.05, 0.1) is 6.61 Å². The van der Waals surface area contributed by atoms with Crippen LogP contribution in [0.5, 0.6) is 11.5 Å². The van der Waals surface area contributed by atoms with Crippen molar-refractivity contribution in [1.29, 1.82) is 5.26 Å². The Morgan fingerprint density at radius 2 is 1.68 bits per heavy atom. The number of aryl methyl sites for hydroxylation is 3. The molecule has 0 unspecified atom stereocenters. The number of amides is 1. The fourth-order valence-electron chi connectivity index (χ4n) is 3.62. The van der Waals surface area contributed by atoms with Gasteiger partial charge in [0.1, 0.15) is 18.2 Å². The molecule has 0 atom stereocenters. The number of nitrogens with zero attached hydrogens (tertiary/aromatic N) is 1. The summed E-state index contributed by atoms with van der Waals surface area (Å²) >= 11 is 5.94. The van der Waals surface area contributed by atoms with Crippen LogP contribution in [0.1, 0.15) is 34.7 Å². The van der Waals surface area contributed by atoms with Crippen molar-refractivity contribution in [3.05, 3.63) is 93.0 Å². The molecule has 0 fully saturated rings. The van der Waals surface area contributed by atoms with E-state index in [2.05, 4.69) is 5.32 Å². The van der Waals surface area contributed by atoms with Gasteiger partial charge in [-0.3, -0.25) is 4.79 Å². The number of ether oxygens (including phenoxy) is 2. The van der Waals surface area contributed by atoms with Crippen LogP contribution >= 0.6 is 11.6 Å². The number of hydrogen-bond donors (Lipinski definition) is 1. The van der Waals surface area contributed by atoms with Gasteiger partial charge in [0, 0.05) is 10.7 Å². The molecule has 3 aromatic carbocycles. The fraction of sp³-hybridized carbons (Fsp3) is 0.214. The zero-order chi connectivity index (χ0) is 24.7. The van der Waals surface area contributed by atoms with E-state index < -0.39 is 5.91 Å². The third kappa shape index (κ3) is 6.40. The van der Waals surface area contributed by atoms with Crippen molar-refractivity contribution in [3.8, 4) is 17.6 Å². The van der Waals surface area contributed by atoms with E-state index >= 15 is 0 Å². The summed E-state index contributed by atoms with van der Waals surface area (Å²) in [6.07, 6.45) is 1.54. The summed E-state index contributed by atoms with van der Waals surface area (Å²) < 4.78 is 11.7. The van der Waals surface area contributed by atoms with E-state index in [-0.39, 0.29) is 5.57 Å². The van der Waals surface area contributed by atoms with E-state index in [0.717, 1.165) is 27.9 Å². The second-order valence-electron chi connectivity index (χ2n) is 7.95. The summed E-state index contributed by atoms with van der Waals surface area (Å²) in [5.41, 5.74) is 5.36. The van der Waals surface area contributed by atoms with Crippen LogP contribution in [-0.2, 0) is 11.4 Å². The lowest BCUT2D eigenvalue weighted by Crippen LogP contribution is -2.15. The first-order valence-corrected chi connectivity index (χ1v) is 11.3. The van der Waals surface area contributed by atoms with Gasteiger partial charge in [0.25, 0.3) is 5.91 Å². The minimum Gasteiger partial charge on any atom is -0.490 e. The highest BCUT2D eigenvalue weighted by Crippen LogP contribution is 2.30. The number of halogens is 1. The van der Waals surface area contributed by atoms with Crippen LogP contribution < -0.4 is 14.8 Å². The third-order valence-electron chi connectivity index (χ3n) is 5.17. The summed E-state index contributed by atoms with van der Waals surface area (Å²) in [5.74, 6) is 0.648. The highest BCUT2D eigenvalue weighted by molar-refractivity contribution is 6.30. The maximum Gasteiger partial charge on any atom is 0.266 e. The molecule has 5 nitrogen and oxygen atoms in total. The molecule has 0 spiro atoms. The zero-order valence-electron chi connectivity index (χ0n) is 19.7. The van der Waals surface area contributed by atoms with Gasteiger partial charge in [0.2, 0.25) is 0 Å². The van der Waals surface area contributed by atoms with Crippen molar-refractivity contribution < 1.29 is 14.3 Å². The monoisotopic (exact) mass is 474 g/mol. The van der Waals surface area contributed by atoms with Gasteiger partial charge in [-0.1, -0.05) is 47.5 Å². The standard InChI is InChI=1S/C28H27ClN2O3/c1-5-33-26-15-22(8-11-25(26)34-17-21-6-9-24(29)10-7-21)14-23(16-30)28(32)31-27-19(3)12-18(2)13-20(27)4/h6-15H,5,17H2,1-4H3,(H,31,32)/b23-14+. The Kier molecular flexibility index (Phi) is 8.34. The molecule has 0 aliphatic carbocycles. The molecule has 0 saturated heterocycles. The number of carbonyl (C=O) groups excluding carboxylic acids is 1. The Labute approximate surface area is 205 Å². The van der Waals surface area contributed by atoms with E-state index in [1.165, 1.54) is 0 Å². The van der Waals surface area contributed by atoms with Crippen molar-refractivity contribution >= 4 is 29.3 Å². The number of carbonyl (C=O) groups is 1. The second kappa shape index (κ2) is 11.4. The highest BCUT2D eigenvalue weighted by atomic mass is 35.5. The fourth-order valence-corrected chi connectivity index (χ4v) is 3.74. The van der Waals surface area contributed by atoms with E-state index in [4.69, 9.17) is 21.1 Å². The molecule has 0 heterocycles. The van der Waals surface area contributed by atoms with Gasteiger partial charge in [-0.2, -0.15) is 5.26 Å². The van der Waals surface area contributed by atoms with Crippen molar-refractivity contribution in [2.24, 2.45) is 0 Å². The van der Waals surface area contributed by atoms with Crippen LogP contribution in [0.2, 0.25) is 5.02 Å². The predicted molar refractivity (Wildman–Crippen MR) is 136 cm³/mol. The van der Waals surface area contributed by atoms with Crippen LogP contribution in [0.3, 0.4) is 0 Å². The number of nitriles is 1. The average Bonchev–Trinajstić information content (AvgIpc) is 2.80. The quantitative estimate of drug-likeness (QED) is 0.288. The average molecular weight is 475 g/mol. The summed E-state index contributed by atoms with van der Waals surface area (Å²) in [5, 5.41) is 13.2. The number of nitrogens with one attached hydrogen (secondary N) is 1.